The second-order valence-electron chi connectivity index (χ2n) is 3.67. The lowest BCUT2D eigenvalue weighted by molar-refractivity contribution is 0.414. The van der Waals surface area contributed by atoms with Crippen LogP contribution < -0.4 is 15.4 Å². The minimum Gasteiger partial charge on any atom is -0.495 e. The molecule has 3 nitrogen and oxygen atoms in total. The van der Waals surface area contributed by atoms with Crippen LogP contribution in [-0.4, -0.2) is 26.7 Å². The molecular formula is C11H17BrN2O. The SMILES string of the molecule is COc1ccc(Br)cc1N(C)CC(C)N. The molecule has 0 aromatic heterocycles. The number of methoxy groups -OCH3 is 1. The molecule has 0 radical (unpaired) electrons. The van der Waals surface area contributed by atoms with Gasteiger partial charge in [0.1, 0.15) is 5.75 Å². The average Bonchev–Trinajstić information content (AvgIpc) is 2.16. The van der Waals surface area contributed by atoms with E-state index in [1.54, 1.807) is 7.11 Å². The monoisotopic (exact) mass is 272 g/mol. The molecule has 0 saturated heterocycles. The lowest BCUT2D eigenvalue weighted by Gasteiger charge is -2.23. The van der Waals surface area contributed by atoms with Crippen molar-refractivity contribution in [3.8, 4) is 5.75 Å². The van der Waals surface area contributed by atoms with Crippen LogP contribution in [0.2, 0.25) is 0 Å². The van der Waals surface area contributed by atoms with Gasteiger partial charge in [-0.25, -0.2) is 0 Å². The van der Waals surface area contributed by atoms with Crippen molar-refractivity contribution in [3.63, 3.8) is 0 Å². The van der Waals surface area contributed by atoms with Crippen molar-refractivity contribution in [1.82, 2.24) is 0 Å². The van der Waals surface area contributed by atoms with Crippen LogP contribution in [0, 0.1) is 0 Å². The second kappa shape index (κ2) is 5.37. The molecule has 0 fully saturated rings. The highest BCUT2D eigenvalue weighted by Crippen LogP contribution is 2.30. The lowest BCUT2D eigenvalue weighted by atomic mass is 10.2. The van der Waals surface area contributed by atoms with Crippen molar-refractivity contribution in [2.24, 2.45) is 5.73 Å². The fraction of sp³-hybridized carbons (Fsp3) is 0.455. The zero-order chi connectivity index (χ0) is 11.4. The van der Waals surface area contributed by atoms with Crippen LogP contribution in [0.15, 0.2) is 22.7 Å². The quantitative estimate of drug-likeness (QED) is 0.914. The third-order valence-electron chi connectivity index (χ3n) is 2.11. The number of hydrogen-bond acceptors (Lipinski definition) is 3. The normalized spacial score (nSPS) is 12.3. The molecule has 1 aromatic rings. The minimum atomic E-state index is 0.138. The van der Waals surface area contributed by atoms with E-state index in [1.165, 1.54) is 0 Å². The van der Waals surface area contributed by atoms with Crippen LogP contribution >= 0.6 is 15.9 Å². The highest BCUT2D eigenvalue weighted by atomic mass is 79.9. The zero-order valence-corrected chi connectivity index (χ0v) is 10.9. The molecule has 0 bridgehead atoms. The largest absolute Gasteiger partial charge is 0.495 e. The van der Waals surface area contributed by atoms with Gasteiger partial charge in [0.2, 0.25) is 0 Å². The van der Waals surface area contributed by atoms with E-state index in [2.05, 4.69) is 20.8 Å². The third-order valence-corrected chi connectivity index (χ3v) is 2.61. The molecule has 4 heteroatoms. The van der Waals surface area contributed by atoms with E-state index in [0.717, 1.165) is 22.5 Å². The number of likely N-dealkylation sites (N-methyl/N-ethyl adjacent to an activating group) is 1. The molecule has 2 N–H and O–H groups in total. The Bertz CT molecular complexity index is 328. The molecule has 0 amide bonds. The predicted octanol–water partition coefficient (Wildman–Crippen LogP) is 2.24. The number of ether oxygens (including phenoxy) is 1. The van der Waals surface area contributed by atoms with Crippen LogP contribution in [0.3, 0.4) is 0 Å². The van der Waals surface area contributed by atoms with Gasteiger partial charge in [0, 0.05) is 24.1 Å². The molecule has 1 rings (SSSR count). The molecular weight excluding hydrogens is 256 g/mol. The predicted molar refractivity (Wildman–Crippen MR) is 67.6 cm³/mol. The Balaban J connectivity index is 2.94. The summed E-state index contributed by atoms with van der Waals surface area (Å²) in [7, 11) is 3.68. The lowest BCUT2D eigenvalue weighted by Crippen LogP contribution is -2.32. The summed E-state index contributed by atoms with van der Waals surface area (Å²) in [4.78, 5) is 2.09. The fourth-order valence-electron chi connectivity index (χ4n) is 1.49. The Labute approximate surface area is 99.3 Å². The van der Waals surface area contributed by atoms with E-state index < -0.39 is 0 Å². The number of halogens is 1. The van der Waals surface area contributed by atoms with Gasteiger partial charge < -0.3 is 15.4 Å². The molecule has 0 heterocycles. The summed E-state index contributed by atoms with van der Waals surface area (Å²) in [6.45, 7) is 2.79. The first-order chi connectivity index (χ1) is 7.04. The van der Waals surface area contributed by atoms with E-state index in [1.807, 2.05) is 32.2 Å². The number of nitrogens with two attached hydrogens (primary N) is 1. The van der Waals surface area contributed by atoms with Gasteiger partial charge in [-0.3, -0.25) is 0 Å². The zero-order valence-electron chi connectivity index (χ0n) is 9.33. The van der Waals surface area contributed by atoms with Gasteiger partial charge in [-0.1, -0.05) is 15.9 Å². The first kappa shape index (κ1) is 12.3. The van der Waals surface area contributed by atoms with Crippen molar-refractivity contribution in [1.29, 1.82) is 0 Å². The van der Waals surface area contributed by atoms with E-state index >= 15 is 0 Å². The molecule has 15 heavy (non-hydrogen) atoms. The van der Waals surface area contributed by atoms with Gasteiger partial charge in [0.15, 0.2) is 0 Å². The van der Waals surface area contributed by atoms with Crippen LogP contribution in [0.5, 0.6) is 5.75 Å². The van der Waals surface area contributed by atoms with Crippen molar-refractivity contribution >= 4 is 21.6 Å². The minimum absolute atomic E-state index is 0.138. The maximum absolute atomic E-state index is 5.77. The number of anilines is 1. The molecule has 0 spiro atoms. The maximum Gasteiger partial charge on any atom is 0.142 e. The van der Waals surface area contributed by atoms with Crippen molar-refractivity contribution in [3.05, 3.63) is 22.7 Å². The molecule has 1 unspecified atom stereocenters. The summed E-state index contributed by atoms with van der Waals surface area (Å²) < 4.78 is 6.34. The number of nitrogens with zero attached hydrogens (tertiary/aromatic N) is 1. The summed E-state index contributed by atoms with van der Waals surface area (Å²) in [5.41, 5.74) is 6.81. The highest BCUT2D eigenvalue weighted by molar-refractivity contribution is 9.10. The standard InChI is InChI=1S/C11H17BrN2O/c1-8(13)7-14(2)10-6-9(12)4-5-11(10)15-3/h4-6,8H,7,13H2,1-3H3. The van der Waals surface area contributed by atoms with Crippen LogP contribution in [0.1, 0.15) is 6.92 Å². The highest BCUT2D eigenvalue weighted by Gasteiger charge is 2.09. The van der Waals surface area contributed by atoms with E-state index in [4.69, 9.17) is 10.5 Å². The summed E-state index contributed by atoms with van der Waals surface area (Å²) in [6, 6.07) is 6.07. The maximum atomic E-state index is 5.77. The third kappa shape index (κ3) is 3.39. The van der Waals surface area contributed by atoms with Crippen molar-refractivity contribution in [2.45, 2.75) is 13.0 Å². The molecule has 84 valence electrons. The number of hydrogen-bond donors (Lipinski definition) is 1. The van der Waals surface area contributed by atoms with Gasteiger partial charge in [0.25, 0.3) is 0 Å². The Morgan fingerprint density at radius 1 is 1.53 bits per heavy atom. The average molecular weight is 273 g/mol. The van der Waals surface area contributed by atoms with Crippen LogP contribution in [0.25, 0.3) is 0 Å². The molecule has 0 aliphatic rings. The molecule has 0 saturated carbocycles. The van der Waals surface area contributed by atoms with Gasteiger partial charge >= 0.3 is 0 Å². The summed E-state index contributed by atoms with van der Waals surface area (Å²) in [5, 5.41) is 0. The topological polar surface area (TPSA) is 38.5 Å². The molecule has 1 atom stereocenters. The van der Waals surface area contributed by atoms with Crippen LogP contribution in [0.4, 0.5) is 5.69 Å². The van der Waals surface area contributed by atoms with Gasteiger partial charge in [0.05, 0.1) is 12.8 Å². The van der Waals surface area contributed by atoms with Gasteiger partial charge in [-0.05, 0) is 25.1 Å². The Morgan fingerprint density at radius 3 is 2.73 bits per heavy atom. The number of benzene rings is 1. The Kier molecular flexibility index (Phi) is 4.42. The molecule has 0 aliphatic carbocycles. The van der Waals surface area contributed by atoms with Gasteiger partial charge in [-0.15, -0.1) is 0 Å². The second-order valence-corrected chi connectivity index (χ2v) is 4.59. The van der Waals surface area contributed by atoms with E-state index in [0.29, 0.717) is 0 Å². The first-order valence-corrected chi connectivity index (χ1v) is 5.64. The molecule has 0 aliphatic heterocycles. The first-order valence-electron chi connectivity index (χ1n) is 4.85. The van der Waals surface area contributed by atoms with Crippen molar-refractivity contribution < 1.29 is 4.74 Å². The Morgan fingerprint density at radius 2 is 2.20 bits per heavy atom. The summed E-state index contributed by atoms with van der Waals surface area (Å²) in [6.07, 6.45) is 0. The van der Waals surface area contributed by atoms with Gasteiger partial charge in [-0.2, -0.15) is 0 Å². The van der Waals surface area contributed by atoms with E-state index in [-0.39, 0.29) is 6.04 Å². The fourth-order valence-corrected chi connectivity index (χ4v) is 1.84. The summed E-state index contributed by atoms with van der Waals surface area (Å²) in [5.74, 6) is 0.862. The van der Waals surface area contributed by atoms with Crippen LogP contribution in [-0.2, 0) is 0 Å². The van der Waals surface area contributed by atoms with E-state index in [9.17, 15) is 0 Å². The number of rotatable bonds is 4. The van der Waals surface area contributed by atoms with Crippen molar-refractivity contribution in [2.75, 3.05) is 25.6 Å². The molecule has 1 aromatic carbocycles. The smallest absolute Gasteiger partial charge is 0.142 e. The Hall–Kier alpha value is -0.740. The summed E-state index contributed by atoms with van der Waals surface area (Å²) >= 11 is 3.45.